The lowest BCUT2D eigenvalue weighted by Gasteiger charge is -2.28. The van der Waals surface area contributed by atoms with Crippen molar-refractivity contribution in [3.8, 4) is 0 Å². The topological polar surface area (TPSA) is 61.8 Å². The number of alkyl halides is 1. The summed E-state index contributed by atoms with van der Waals surface area (Å²) in [5, 5.41) is 7.60. The average Bonchev–Trinajstić information content (AvgIpc) is 3.17. The number of hydrazone groups is 1. The van der Waals surface area contributed by atoms with Crippen LogP contribution in [-0.2, 0) is 10.0 Å². The van der Waals surface area contributed by atoms with Gasteiger partial charge in [0.1, 0.15) is 0 Å². The highest BCUT2D eigenvalue weighted by molar-refractivity contribution is 7.89. The average molecular weight is 511 g/mol. The van der Waals surface area contributed by atoms with Gasteiger partial charge in [-0.2, -0.15) is 5.10 Å². The van der Waals surface area contributed by atoms with E-state index in [1.165, 1.54) is 0 Å². The summed E-state index contributed by atoms with van der Waals surface area (Å²) in [6, 6.07) is 14.2. The van der Waals surface area contributed by atoms with Crippen LogP contribution < -0.4 is 4.72 Å². The van der Waals surface area contributed by atoms with Crippen LogP contribution >= 0.6 is 34.8 Å². The molecular weight excluding hydrogens is 489 g/mol. The molecular formula is C23H22Cl3N3O2S. The summed E-state index contributed by atoms with van der Waals surface area (Å²) >= 11 is 18.8. The van der Waals surface area contributed by atoms with E-state index in [1.807, 2.05) is 48.3 Å². The summed E-state index contributed by atoms with van der Waals surface area (Å²) in [6.45, 7) is 1.96. The monoisotopic (exact) mass is 509 g/mol. The maximum Gasteiger partial charge on any atom is 0.240 e. The molecule has 0 aromatic heterocycles. The fourth-order valence-corrected chi connectivity index (χ4v) is 5.57. The number of hydrogen-bond acceptors (Lipinski definition) is 4. The molecule has 1 aliphatic heterocycles. The van der Waals surface area contributed by atoms with E-state index in [4.69, 9.17) is 39.9 Å². The molecule has 2 atom stereocenters. The van der Waals surface area contributed by atoms with E-state index in [-0.39, 0.29) is 22.9 Å². The Morgan fingerprint density at radius 3 is 2.59 bits per heavy atom. The molecule has 1 heterocycles. The summed E-state index contributed by atoms with van der Waals surface area (Å²) in [6.07, 6.45) is 4.95. The van der Waals surface area contributed by atoms with Crippen LogP contribution in [0.3, 0.4) is 0 Å². The molecule has 1 N–H and O–H groups in total. The Labute approximate surface area is 203 Å². The van der Waals surface area contributed by atoms with Crippen molar-refractivity contribution in [1.29, 1.82) is 0 Å². The molecule has 9 heteroatoms. The SMILES string of the molecule is Cc1cccc(S(=O)(=O)NCC2=NN(C3=CCC(Cl)C=C3Cl)C(c3ccc(Cl)cc3)C2)c1. The summed E-state index contributed by atoms with van der Waals surface area (Å²) in [5.74, 6) is 0. The Morgan fingerprint density at radius 1 is 1.16 bits per heavy atom. The van der Waals surface area contributed by atoms with Crippen molar-refractivity contribution in [2.45, 2.75) is 36.1 Å². The largest absolute Gasteiger partial charge is 0.256 e. The van der Waals surface area contributed by atoms with Gasteiger partial charge in [-0.1, -0.05) is 53.5 Å². The van der Waals surface area contributed by atoms with E-state index >= 15 is 0 Å². The van der Waals surface area contributed by atoms with Gasteiger partial charge in [-0.3, -0.25) is 5.01 Å². The second-order valence-corrected chi connectivity index (χ2v) is 11.0. The van der Waals surface area contributed by atoms with Gasteiger partial charge in [0.2, 0.25) is 10.0 Å². The van der Waals surface area contributed by atoms with Crippen LogP contribution in [0.15, 0.2) is 81.4 Å². The lowest BCUT2D eigenvalue weighted by atomic mass is 10.0. The summed E-state index contributed by atoms with van der Waals surface area (Å²) in [5.41, 5.74) is 3.36. The number of nitrogens with one attached hydrogen (secondary N) is 1. The molecule has 0 amide bonds. The lowest BCUT2D eigenvalue weighted by Crippen LogP contribution is -2.29. The van der Waals surface area contributed by atoms with Crippen LogP contribution in [0.5, 0.6) is 0 Å². The summed E-state index contributed by atoms with van der Waals surface area (Å²) in [7, 11) is -3.65. The predicted molar refractivity (Wildman–Crippen MR) is 131 cm³/mol. The molecule has 1 aliphatic carbocycles. The zero-order valence-corrected chi connectivity index (χ0v) is 20.4. The number of rotatable bonds is 6. The van der Waals surface area contributed by atoms with Crippen molar-refractivity contribution >= 4 is 50.5 Å². The highest BCUT2D eigenvalue weighted by Gasteiger charge is 2.33. The molecule has 0 spiro atoms. The fourth-order valence-electron chi connectivity index (χ4n) is 3.73. The molecule has 0 radical (unpaired) electrons. The van der Waals surface area contributed by atoms with E-state index in [9.17, 15) is 8.42 Å². The van der Waals surface area contributed by atoms with Crippen LogP contribution in [0.4, 0.5) is 0 Å². The first kappa shape index (κ1) is 23.3. The molecule has 168 valence electrons. The second-order valence-electron chi connectivity index (χ2n) is 7.78. The minimum absolute atomic E-state index is 0.101. The van der Waals surface area contributed by atoms with Gasteiger partial charge in [-0.25, -0.2) is 13.1 Å². The van der Waals surface area contributed by atoms with Gasteiger partial charge in [-0.15, -0.1) is 11.6 Å². The summed E-state index contributed by atoms with van der Waals surface area (Å²) in [4.78, 5) is 0.233. The molecule has 0 saturated heterocycles. The summed E-state index contributed by atoms with van der Waals surface area (Å²) < 4.78 is 28.2. The Morgan fingerprint density at radius 2 is 1.91 bits per heavy atom. The minimum Gasteiger partial charge on any atom is -0.256 e. The van der Waals surface area contributed by atoms with Crippen molar-refractivity contribution < 1.29 is 8.42 Å². The first-order valence-corrected chi connectivity index (χ1v) is 12.8. The van der Waals surface area contributed by atoms with Crippen molar-refractivity contribution in [3.05, 3.63) is 87.6 Å². The van der Waals surface area contributed by atoms with Gasteiger partial charge in [0.15, 0.2) is 0 Å². The van der Waals surface area contributed by atoms with Gasteiger partial charge in [0.25, 0.3) is 0 Å². The normalized spacial score (nSPS) is 21.2. The second kappa shape index (κ2) is 9.57. The molecule has 2 aliphatic rings. The molecule has 0 saturated carbocycles. The van der Waals surface area contributed by atoms with Crippen molar-refractivity contribution in [3.63, 3.8) is 0 Å². The third-order valence-electron chi connectivity index (χ3n) is 5.35. The third-order valence-corrected chi connectivity index (χ3v) is 7.62. The maximum atomic E-state index is 12.8. The zero-order chi connectivity index (χ0) is 22.9. The van der Waals surface area contributed by atoms with E-state index in [1.54, 1.807) is 24.3 Å². The Hall–Kier alpha value is -1.83. The van der Waals surface area contributed by atoms with Crippen LogP contribution in [0, 0.1) is 6.92 Å². The molecule has 2 aromatic rings. The fraction of sp³-hybridized carbons (Fsp3) is 0.261. The smallest absolute Gasteiger partial charge is 0.240 e. The number of aryl methyl sites for hydroxylation is 1. The van der Waals surface area contributed by atoms with Gasteiger partial charge in [0.05, 0.1) is 39.3 Å². The number of nitrogens with zero attached hydrogens (tertiary/aromatic N) is 2. The number of benzene rings is 2. The van der Waals surface area contributed by atoms with Crippen LogP contribution in [0.1, 0.15) is 30.0 Å². The van der Waals surface area contributed by atoms with E-state index < -0.39 is 10.0 Å². The van der Waals surface area contributed by atoms with Gasteiger partial charge in [0, 0.05) is 11.4 Å². The van der Waals surface area contributed by atoms with Crippen molar-refractivity contribution in [2.75, 3.05) is 6.54 Å². The quantitative estimate of drug-likeness (QED) is 0.504. The first-order chi connectivity index (χ1) is 15.2. The number of allylic oxidation sites excluding steroid dienone is 3. The number of sulfonamides is 1. The van der Waals surface area contributed by atoms with E-state index in [2.05, 4.69) is 4.72 Å². The first-order valence-electron chi connectivity index (χ1n) is 10.1. The molecule has 0 bridgehead atoms. The van der Waals surface area contributed by atoms with Gasteiger partial charge >= 0.3 is 0 Å². The number of halogens is 3. The van der Waals surface area contributed by atoms with E-state index in [0.29, 0.717) is 28.6 Å². The van der Waals surface area contributed by atoms with Crippen LogP contribution in [-0.4, -0.2) is 31.1 Å². The lowest BCUT2D eigenvalue weighted by molar-refractivity contribution is 0.305. The van der Waals surface area contributed by atoms with Gasteiger partial charge in [-0.05, 0) is 54.8 Å². The minimum atomic E-state index is -3.65. The van der Waals surface area contributed by atoms with Crippen molar-refractivity contribution in [1.82, 2.24) is 9.73 Å². The Bertz CT molecular complexity index is 1210. The predicted octanol–water partition coefficient (Wildman–Crippen LogP) is 5.75. The molecule has 4 rings (SSSR count). The Kier molecular flexibility index (Phi) is 6.98. The van der Waals surface area contributed by atoms with Gasteiger partial charge < -0.3 is 0 Å². The highest BCUT2D eigenvalue weighted by atomic mass is 35.5. The third kappa shape index (κ3) is 5.21. The molecule has 0 fully saturated rings. The highest BCUT2D eigenvalue weighted by Crippen LogP contribution is 2.39. The van der Waals surface area contributed by atoms with Crippen LogP contribution in [0.25, 0.3) is 0 Å². The molecule has 5 nitrogen and oxygen atoms in total. The molecule has 32 heavy (non-hydrogen) atoms. The van der Waals surface area contributed by atoms with Crippen LogP contribution in [0.2, 0.25) is 5.02 Å². The zero-order valence-electron chi connectivity index (χ0n) is 17.3. The number of hydrogen-bond donors (Lipinski definition) is 1. The standard InChI is InChI=1S/C23H22Cl3N3O2S/c1-15-3-2-4-20(11-15)32(30,31)27-14-19-13-23(16-5-7-17(24)8-6-16)29(28-19)22-10-9-18(25)12-21(22)26/h2-8,10-12,18,23,27H,9,13-14H2,1H3. The molecule has 2 unspecified atom stereocenters. The maximum absolute atomic E-state index is 12.8. The Balaban J connectivity index is 1.58. The van der Waals surface area contributed by atoms with Crippen molar-refractivity contribution in [2.24, 2.45) is 5.10 Å². The van der Waals surface area contributed by atoms with E-state index in [0.717, 1.165) is 16.8 Å². The molecule has 2 aromatic carbocycles.